The summed E-state index contributed by atoms with van der Waals surface area (Å²) in [6.07, 6.45) is 11.4. The van der Waals surface area contributed by atoms with Crippen molar-refractivity contribution >= 4 is 11.8 Å². The Bertz CT molecular complexity index is 857. The third kappa shape index (κ3) is 4.32. The number of piperidine rings is 1. The van der Waals surface area contributed by atoms with Crippen LogP contribution < -0.4 is 10.1 Å². The number of aryl methyl sites for hydroxylation is 1. The van der Waals surface area contributed by atoms with E-state index in [0.29, 0.717) is 37.4 Å². The first-order valence-corrected chi connectivity index (χ1v) is 10.7. The first-order valence-electron chi connectivity index (χ1n) is 10.7. The number of ether oxygens (including phenoxy) is 1. The van der Waals surface area contributed by atoms with Crippen LogP contribution in [-0.4, -0.2) is 58.1 Å². The second kappa shape index (κ2) is 8.85. The van der Waals surface area contributed by atoms with Gasteiger partial charge in [0.1, 0.15) is 0 Å². The van der Waals surface area contributed by atoms with Crippen molar-refractivity contribution in [3.05, 3.63) is 41.9 Å². The third-order valence-electron chi connectivity index (χ3n) is 6.68. The van der Waals surface area contributed by atoms with Crippen molar-refractivity contribution in [2.24, 2.45) is 5.41 Å². The Morgan fingerprint density at radius 2 is 2.10 bits per heavy atom. The minimum Gasteiger partial charge on any atom is -0.481 e. The quantitative estimate of drug-likeness (QED) is 0.760. The van der Waals surface area contributed by atoms with E-state index < -0.39 is 0 Å². The lowest BCUT2D eigenvalue weighted by Gasteiger charge is -2.43. The Hall–Kier alpha value is -2.90. The van der Waals surface area contributed by atoms with Gasteiger partial charge in [-0.05, 0) is 49.1 Å². The number of pyridine rings is 1. The molecule has 2 aliphatic rings. The minimum atomic E-state index is 0.0127. The average Bonchev–Trinajstić information content (AvgIpc) is 3.43. The molecule has 2 aromatic rings. The number of H-pyrrole nitrogens is 1. The summed E-state index contributed by atoms with van der Waals surface area (Å²) in [5.74, 6) is 0.616. The van der Waals surface area contributed by atoms with Gasteiger partial charge in [-0.1, -0.05) is 6.42 Å². The molecule has 8 nitrogen and oxygen atoms in total. The van der Waals surface area contributed by atoms with Gasteiger partial charge in [-0.3, -0.25) is 14.7 Å². The monoisotopic (exact) mass is 411 g/mol. The summed E-state index contributed by atoms with van der Waals surface area (Å²) in [5, 5.41) is 10.00. The minimum absolute atomic E-state index is 0.0127. The molecule has 1 saturated heterocycles. The number of hydrogen-bond donors (Lipinski definition) is 2. The highest BCUT2D eigenvalue weighted by Crippen LogP contribution is 2.46. The molecule has 8 heteroatoms. The first-order chi connectivity index (χ1) is 14.6. The number of rotatable bonds is 6. The maximum atomic E-state index is 12.8. The molecule has 2 N–H and O–H groups in total. The summed E-state index contributed by atoms with van der Waals surface area (Å²) in [5.41, 5.74) is 1.74. The molecule has 2 amide bonds. The molecule has 1 aliphatic heterocycles. The van der Waals surface area contributed by atoms with Crippen molar-refractivity contribution in [2.75, 3.05) is 20.2 Å². The Morgan fingerprint density at radius 1 is 1.27 bits per heavy atom. The van der Waals surface area contributed by atoms with Crippen LogP contribution in [-0.2, 0) is 11.2 Å². The van der Waals surface area contributed by atoms with E-state index in [0.717, 1.165) is 37.7 Å². The van der Waals surface area contributed by atoms with E-state index in [9.17, 15) is 9.59 Å². The lowest BCUT2D eigenvalue weighted by molar-refractivity contribution is -0.122. The summed E-state index contributed by atoms with van der Waals surface area (Å²) in [6.45, 7) is 1.43. The molecule has 1 unspecified atom stereocenters. The number of likely N-dealkylation sites (tertiary alicyclic amines) is 1. The van der Waals surface area contributed by atoms with Crippen molar-refractivity contribution in [3.63, 3.8) is 0 Å². The van der Waals surface area contributed by atoms with Gasteiger partial charge in [0, 0.05) is 44.0 Å². The fourth-order valence-electron chi connectivity index (χ4n) is 4.87. The molecule has 2 fully saturated rings. The SMILES string of the molecule is COc1ccc(C(=O)N2CCC3(CCCC3NC(=O)CCc3cn[nH]c3)CC2)cn1. The zero-order valence-corrected chi connectivity index (χ0v) is 17.4. The summed E-state index contributed by atoms with van der Waals surface area (Å²) in [6, 6.07) is 3.68. The molecular weight excluding hydrogens is 382 g/mol. The highest BCUT2D eigenvalue weighted by atomic mass is 16.5. The van der Waals surface area contributed by atoms with Crippen LogP contribution in [0.3, 0.4) is 0 Å². The zero-order valence-electron chi connectivity index (χ0n) is 17.4. The molecule has 160 valence electrons. The Kier molecular flexibility index (Phi) is 6.01. The highest BCUT2D eigenvalue weighted by molar-refractivity contribution is 5.94. The topological polar surface area (TPSA) is 100 Å². The van der Waals surface area contributed by atoms with Crippen LogP contribution in [0.15, 0.2) is 30.7 Å². The van der Waals surface area contributed by atoms with Crippen LogP contribution in [0.4, 0.5) is 0 Å². The molecule has 0 aromatic carbocycles. The summed E-state index contributed by atoms with van der Waals surface area (Å²) < 4.78 is 5.06. The number of carbonyl (C=O) groups excluding carboxylic acids is 2. The van der Waals surface area contributed by atoms with Gasteiger partial charge >= 0.3 is 0 Å². The largest absolute Gasteiger partial charge is 0.481 e. The van der Waals surface area contributed by atoms with Gasteiger partial charge in [-0.25, -0.2) is 4.98 Å². The van der Waals surface area contributed by atoms with E-state index in [2.05, 4.69) is 20.5 Å². The maximum Gasteiger partial charge on any atom is 0.255 e. The van der Waals surface area contributed by atoms with Crippen LogP contribution in [0.1, 0.15) is 54.4 Å². The highest BCUT2D eigenvalue weighted by Gasteiger charge is 2.45. The number of amides is 2. The Labute approximate surface area is 176 Å². The molecule has 2 aromatic heterocycles. The van der Waals surface area contributed by atoms with Crippen LogP contribution in [0.5, 0.6) is 5.88 Å². The number of methoxy groups -OCH3 is 1. The van der Waals surface area contributed by atoms with E-state index in [1.54, 1.807) is 31.6 Å². The van der Waals surface area contributed by atoms with Crippen molar-refractivity contribution in [2.45, 2.75) is 51.0 Å². The van der Waals surface area contributed by atoms with Gasteiger partial charge < -0.3 is 15.0 Å². The van der Waals surface area contributed by atoms with E-state index in [1.165, 1.54) is 0 Å². The first kappa shape index (κ1) is 20.4. The molecule has 1 saturated carbocycles. The number of hydrogen-bond acceptors (Lipinski definition) is 5. The van der Waals surface area contributed by atoms with Crippen molar-refractivity contribution in [3.8, 4) is 5.88 Å². The van der Waals surface area contributed by atoms with E-state index in [-0.39, 0.29) is 23.3 Å². The molecule has 0 bridgehead atoms. The smallest absolute Gasteiger partial charge is 0.255 e. The molecule has 1 atom stereocenters. The fraction of sp³-hybridized carbons (Fsp3) is 0.545. The Morgan fingerprint density at radius 3 is 2.77 bits per heavy atom. The lowest BCUT2D eigenvalue weighted by Crippen LogP contribution is -2.51. The van der Waals surface area contributed by atoms with E-state index in [4.69, 9.17) is 4.74 Å². The van der Waals surface area contributed by atoms with Gasteiger partial charge in [0.05, 0.1) is 18.9 Å². The predicted octanol–water partition coefficient (Wildman–Crippen LogP) is 2.34. The van der Waals surface area contributed by atoms with Gasteiger partial charge in [0.2, 0.25) is 11.8 Å². The van der Waals surface area contributed by atoms with Gasteiger partial charge in [-0.15, -0.1) is 0 Å². The number of carbonyl (C=O) groups is 2. The summed E-state index contributed by atoms with van der Waals surface area (Å²) in [4.78, 5) is 31.4. The van der Waals surface area contributed by atoms with Crippen molar-refractivity contribution < 1.29 is 14.3 Å². The number of nitrogens with zero attached hydrogens (tertiary/aromatic N) is 3. The second-order valence-electron chi connectivity index (χ2n) is 8.36. The molecule has 1 aliphatic carbocycles. The molecule has 3 heterocycles. The second-order valence-corrected chi connectivity index (χ2v) is 8.36. The van der Waals surface area contributed by atoms with Crippen LogP contribution in [0, 0.1) is 5.41 Å². The number of aromatic nitrogens is 3. The van der Waals surface area contributed by atoms with Gasteiger partial charge in [0.15, 0.2) is 0 Å². The van der Waals surface area contributed by atoms with Crippen molar-refractivity contribution in [1.29, 1.82) is 0 Å². The van der Waals surface area contributed by atoms with Crippen LogP contribution >= 0.6 is 0 Å². The summed E-state index contributed by atoms with van der Waals surface area (Å²) >= 11 is 0. The van der Waals surface area contributed by atoms with E-state index >= 15 is 0 Å². The van der Waals surface area contributed by atoms with Gasteiger partial charge in [0.25, 0.3) is 5.91 Å². The average molecular weight is 412 g/mol. The van der Waals surface area contributed by atoms with Crippen LogP contribution in [0.25, 0.3) is 0 Å². The molecule has 30 heavy (non-hydrogen) atoms. The number of nitrogens with one attached hydrogen (secondary N) is 2. The molecular formula is C22H29N5O3. The normalized spacial score (nSPS) is 20.3. The molecule has 4 rings (SSSR count). The lowest BCUT2D eigenvalue weighted by atomic mass is 9.74. The maximum absolute atomic E-state index is 12.8. The predicted molar refractivity (Wildman–Crippen MR) is 111 cm³/mol. The fourth-order valence-corrected chi connectivity index (χ4v) is 4.87. The summed E-state index contributed by atoms with van der Waals surface area (Å²) in [7, 11) is 1.56. The standard InChI is InChI=1S/C22H29N5O3/c1-30-20-7-5-17(15-23-20)21(29)27-11-9-22(10-12-27)8-2-3-18(22)26-19(28)6-4-16-13-24-25-14-16/h5,7,13-15,18H,2-4,6,8-12H2,1H3,(H,24,25)(H,26,28). The molecule has 0 radical (unpaired) electrons. The van der Waals surface area contributed by atoms with Crippen molar-refractivity contribution in [1.82, 2.24) is 25.4 Å². The van der Waals surface area contributed by atoms with E-state index in [1.807, 2.05) is 11.1 Å². The third-order valence-corrected chi connectivity index (χ3v) is 6.68. The zero-order chi connectivity index (χ0) is 21.0. The Balaban J connectivity index is 1.31. The van der Waals surface area contributed by atoms with Crippen LogP contribution in [0.2, 0.25) is 0 Å². The van der Waals surface area contributed by atoms with Gasteiger partial charge in [-0.2, -0.15) is 5.10 Å². The number of aromatic amines is 1. The molecule has 1 spiro atoms.